The second kappa shape index (κ2) is 5.59. The van der Waals surface area contributed by atoms with Crippen LogP contribution in [0.2, 0.25) is 0 Å². The summed E-state index contributed by atoms with van der Waals surface area (Å²) in [5.41, 5.74) is 2.59. The molecule has 1 unspecified atom stereocenters. The maximum Gasteiger partial charge on any atom is 0.227 e. The van der Waals surface area contributed by atoms with Crippen LogP contribution in [0.25, 0.3) is 0 Å². The highest BCUT2D eigenvalue weighted by Crippen LogP contribution is 2.13. The summed E-state index contributed by atoms with van der Waals surface area (Å²) in [6, 6.07) is 8.86. The summed E-state index contributed by atoms with van der Waals surface area (Å²) in [5, 5.41) is 7.01. The monoisotopic (exact) mass is 231 g/mol. The molecular formula is C13H17N3O. The minimum Gasteiger partial charge on any atom is -0.340 e. The topological polar surface area (TPSA) is 51.0 Å². The molecule has 0 amide bonds. The Labute approximate surface area is 101 Å². The van der Waals surface area contributed by atoms with E-state index in [-0.39, 0.29) is 0 Å². The van der Waals surface area contributed by atoms with Crippen molar-refractivity contribution in [3.63, 3.8) is 0 Å². The molecule has 0 radical (unpaired) electrons. The van der Waals surface area contributed by atoms with E-state index in [1.54, 1.807) is 0 Å². The van der Waals surface area contributed by atoms with Gasteiger partial charge in [-0.1, -0.05) is 35.0 Å². The third-order valence-electron chi connectivity index (χ3n) is 2.74. The molecular weight excluding hydrogens is 214 g/mol. The van der Waals surface area contributed by atoms with Gasteiger partial charge in [0.15, 0.2) is 6.33 Å². The first kappa shape index (κ1) is 11.8. The third-order valence-corrected chi connectivity index (χ3v) is 2.74. The lowest BCUT2D eigenvalue weighted by atomic mass is 10.1. The Hall–Kier alpha value is -1.68. The van der Waals surface area contributed by atoms with E-state index in [0.717, 1.165) is 13.0 Å². The summed E-state index contributed by atoms with van der Waals surface area (Å²) in [6.07, 6.45) is 2.19. The number of nitrogens with one attached hydrogen (secondary N) is 1. The van der Waals surface area contributed by atoms with Crippen LogP contribution >= 0.6 is 0 Å². The summed E-state index contributed by atoms with van der Waals surface area (Å²) in [6.45, 7) is 5.09. The van der Waals surface area contributed by atoms with Crippen LogP contribution in [0.5, 0.6) is 0 Å². The Balaban J connectivity index is 1.83. The highest BCUT2D eigenvalue weighted by atomic mass is 16.5. The fourth-order valence-electron chi connectivity index (χ4n) is 1.76. The lowest BCUT2D eigenvalue weighted by Gasteiger charge is -2.13. The second-order valence-electron chi connectivity index (χ2n) is 4.17. The molecule has 4 heteroatoms. The number of aromatic nitrogens is 2. The molecule has 4 nitrogen and oxygen atoms in total. The molecule has 90 valence electrons. The van der Waals surface area contributed by atoms with E-state index in [9.17, 15) is 0 Å². The molecule has 1 heterocycles. The van der Waals surface area contributed by atoms with Crippen LogP contribution in [0.4, 0.5) is 0 Å². The molecule has 2 rings (SSSR count). The van der Waals surface area contributed by atoms with Crippen molar-refractivity contribution in [2.75, 3.05) is 6.54 Å². The van der Waals surface area contributed by atoms with E-state index in [2.05, 4.69) is 53.6 Å². The Morgan fingerprint density at radius 3 is 3.00 bits per heavy atom. The largest absolute Gasteiger partial charge is 0.340 e. The lowest BCUT2D eigenvalue weighted by molar-refractivity contribution is 0.372. The molecule has 1 N–H and O–H groups in total. The maximum absolute atomic E-state index is 4.94. The van der Waals surface area contributed by atoms with Crippen molar-refractivity contribution in [1.29, 1.82) is 0 Å². The minimum absolute atomic E-state index is 0.331. The van der Waals surface area contributed by atoms with Gasteiger partial charge in [-0.3, -0.25) is 0 Å². The second-order valence-corrected chi connectivity index (χ2v) is 4.17. The number of hydrogen-bond donors (Lipinski definition) is 1. The third kappa shape index (κ3) is 3.39. The number of aryl methyl sites for hydroxylation is 1. The number of nitrogens with zero attached hydrogens (tertiary/aromatic N) is 2. The van der Waals surface area contributed by atoms with Crippen LogP contribution in [0, 0.1) is 6.92 Å². The minimum atomic E-state index is 0.331. The van der Waals surface area contributed by atoms with Gasteiger partial charge in [-0.05, 0) is 19.4 Å². The molecule has 0 spiro atoms. The zero-order valence-corrected chi connectivity index (χ0v) is 10.2. The van der Waals surface area contributed by atoms with Gasteiger partial charge in [-0.15, -0.1) is 0 Å². The van der Waals surface area contributed by atoms with Gasteiger partial charge in [0.2, 0.25) is 5.89 Å². The fourth-order valence-corrected chi connectivity index (χ4v) is 1.76. The summed E-state index contributed by atoms with van der Waals surface area (Å²) < 4.78 is 4.94. The van der Waals surface area contributed by atoms with Gasteiger partial charge in [-0.2, -0.15) is 4.98 Å². The van der Waals surface area contributed by atoms with Crippen molar-refractivity contribution in [2.24, 2.45) is 0 Å². The predicted octanol–water partition coefficient (Wildman–Crippen LogP) is 2.27. The summed E-state index contributed by atoms with van der Waals surface area (Å²) in [7, 11) is 0. The van der Waals surface area contributed by atoms with E-state index in [1.165, 1.54) is 17.5 Å². The van der Waals surface area contributed by atoms with Crippen LogP contribution in [-0.4, -0.2) is 16.7 Å². The average Bonchev–Trinajstić information content (AvgIpc) is 2.82. The number of benzene rings is 1. The van der Waals surface area contributed by atoms with Crippen molar-refractivity contribution >= 4 is 0 Å². The molecule has 0 fully saturated rings. The summed E-state index contributed by atoms with van der Waals surface area (Å²) in [4.78, 5) is 3.98. The molecule has 0 aliphatic rings. The van der Waals surface area contributed by atoms with Crippen LogP contribution in [-0.2, 0) is 6.42 Å². The van der Waals surface area contributed by atoms with Gasteiger partial charge in [0.1, 0.15) is 0 Å². The standard InChI is InChI=1S/C13H17N3O/c1-10-4-3-5-12(8-10)11(2)14-7-6-13-15-9-16-17-13/h3-5,8-9,11,14H,6-7H2,1-2H3. The molecule has 1 atom stereocenters. The van der Waals surface area contributed by atoms with Crippen molar-refractivity contribution in [3.8, 4) is 0 Å². The Bertz CT molecular complexity index is 453. The number of rotatable bonds is 5. The molecule has 0 aliphatic heterocycles. The van der Waals surface area contributed by atoms with E-state index >= 15 is 0 Å². The van der Waals surface area contributed by atoms with E-state index in [0.29, 0.717) is 11.9 Å². The first-order valence-corrected chi connectivity index (χ1v) is 5.81. The summed E-state index contributed by atoms with van der Waals surface area (Å²) >= 11 is 0. The number of hydrogen-bond acceptors (Lipinski definition) is 4. The first-order valence-electron chi connectivity index (χ1n) is 5.81. The van der Waals surface area contributed by atoms with Crippen LogP contribution in [0.3, 0.4) is 0 Å². The van der Waals surface area contributed by atoms with E-state index in [1.807, 2.05) is 0 Å². The zero-order valence-electron chi connectivity index (χ0n) is 10.2. The van der Waals surface area contributed by atoms with Gasteiger partial charge in [-0.25, -0.2) is 0 Å². The SMILES string of the molecule is Cc1cccc(C(C)NCCc2ncno2)c1. The smallest absolute Gasteiger partial charge is 0.227 e. The fraction of sp³-hybridized carbons (Fsp3) is 0.385. The van der Waals surface area contributed by atoms with Crippen molar-refractivity contribution in [1.82, 2.24) is 15.5 Å². The Morgan fingerprint density at radius 1 is 1.41 bits per heavy atom. The van der Waals surface area contributed by atoms with Gasteiger partial charge in [0, 0.05) is 19.0 Å². The van der Waals surface area contributed by atoms with Crippen LogP contribution in [0.1, 0.15) is 30.0 Å². The highest BCUT2D eigenvalue weighted by molar-refractivity contribution is 5.24. The molecule has 0 bridgehead atoms. The van der Waals surface area contributed by atoms with Gasteiger partial charge < -0.3 is 9.84 Å². The van der Waals surface area contributed by atoms with E-state index < -0.39 is 0 Å². The van der Waals surface area contributed by atoms with E-state index in [4.69, 9.17) is 4.52 Å². The van der Waals surface area contributed by atoms with Crippen LogP contribution < -0.4 is 5.32 Å². The predicted molar refractivity (Wildman–Crippen MR) is 65.6 cm³/mol. The Morgan fingerprint density at radius 2 is 2.29 bits per heavy atom. The molecule has 17 heavy (non-hydrogen) atoms. The highest BCUT2D eigenvalue weighted by Gasteiger charge is 2.05. The molecule has 1 aromatic heterocycles. The summed E-state index contributed by atoms with van der Waals surface area (Å²) in [5.74, 6) is 0.675. The molecule has 2 aromatic rings. The lowest BCUT2D eigenvalue weighted by Crippen LogP contribution is -2.21. The normalized spacial score (nSPS) is 12.6. The van der Waals surface area contributed by atoms with Gasteiger partial charge >= 0.3 is 0 Å². The quantitative estimate of drug-likeness (QED) is 0.857. The van der Waals surface area contributed by atoms with Gasteiger partial charge in [0.05, 0.1) is 0 Å². The van der Waals surface area contributed by atoms with Crippen molar-refractivity contribution < 1.29 is 4.52 Å². The average molecular weight is 231 g/mol. The van der Waals surface area contributed by atoms with Crippen molar-refractivity contribution in [2.45, 2.75) is 26.3 Å². The first-order chi connectivity index (χ1) is 8.25. The Kier molecular flexibility index (Phi) is 3.88. The molecule has 0 saturated carbocycles. The van der Waals surface area contributed by atoms with Crippen molar-refractivity contribution in [3.05, 3.63) is 47.6 Å². The zero-order chi connectivity index (χ0) is 12.1. The molecule has 1 aromatic carbocycles. The maximum atomic E-state index is 4.94. The molecule has 0 aliphatic carbocycles. The van der Waals surface area contributed by atoms with Gasteiger partial charge in [0.25, 0.3) is 0 Å². The molecule has 0 saturated heterocycles. The van der Waals surface area contributed by atoms with Crippen LogP contribution in [0.15, 0.2) is 35.1 Å².